The van der Waals surface area contributed by atoms with Gasteiger partial charge in [0.25, 0.3) is 11.8 Å². The molecule has 0 aliphatic heterocycles. The molecule has 1 heterocycles. The Kier molecular flexibility index (Phi) is 4.22. The number of methoxy groups -OCH3 is 1. The molecule has 0 bridgehead atoms. The summed E-state index contributed by atoms with van der Waals surface area (Å²) in [5.41, 5.74) is 2.39. The molecule has 0 unspecified atom stereocenters. The second-order valence-electron chi connectivity index (χ2n) is 5.83. The van der Waals surface area contributed by atoms with Crippen LogP contribution in [0.4, 0.5) is 0 Å². The molecule has 0 aliphatic carbocycles. The summed E-state index contributed by atoms with van der Waals surface area (Å²) >= 11 is 0. The molecule has 27 heavy (non-hydrogen) atoms. The predicted octanol–water partition coefficient (Wildman–Crippen LogP) is 4.49. The minimum absolute atomic E-state index is 0.0332. The molecule has 0 aliphatic rings. The Balaban J connectivity index is 1.90. The summed E-state index contributed by atoms with van der Waals surface area (Å²) in [4.78, 5) is 0. The van der Waals surface area contributed by atoms with Crippen LogP contribution >= 0.6 is 0 Å². The van der Waals surface area contributed by atoms with E-state index in [1.165, 1.54) is 13.2 Å². The standard InChI is InChI=1S/C21H16N2O4/c1-26-17-12-11-14(13-7-3-2-4-8-13)18(19(17)25)21-23-22-20(27-21)15-9-5-6-10-16(15)24/h2-12,24-25H,1H3. The molecule has 0 spiro atoms. The van der Waals surface area contributed by atoms with Crippen LogP contribution in [0.2, 0.25) is 0 Å². The Morgan fingerprint density at radius 1 is 0.778 bits per heavy atom. The number of benzene rings is 3. The van der Waals surface area contributed by atoms with Crippen molar-refractivity contribution in [2.45, 2.75) is 0 Å². The molecule has 0 saturated heterocycles. The minimum atomic E-state index is -0.0914. The Labute approximate surface area is 155 Å². The highest BCUT2D eigenvalue weighted by molar-refractivity contribution is 5.86. The summed E-state index contributed by atoms with van der Waals surface area (Å²) in [6.07, 6.45) is 0. The van der Waals surface area contributed by atoms with Crippen LogP contribution in [0.15, 0.2) is 71.1 Å². The average Bonchev–Trinajstić information content (AvgIpc) is 3.18. The van der Waals surface area contributed by atoms with Gasteiger partial charge in [-0.2, -0.15) is 0 Å². The van der Waals surface area contributed by atoms with E-state index in [9.17, 15) is 10.2 Å². The lowest BCUT2D eigenvalue weighted by atomic mass is 9.98. The van der Waals surface area contributed by atoms with Gasteiger partial charge in [0.1, 0.15) is 5.75 Å². The number of phenolic OH excluding ortho intramolecular Hbond substituents is 2. The van der Waals surface area contributed by atoms with Gasteiger partial charge in [-0.05, 0) is 35.4 Å². The monoisotopic (exact) mass is 360 g/mol. The Morgan fingerprint density at radius 3 is 2.22 bits per heavy atom. The molecule has 0 saturated carbocycles. The van der Waals surface area contributed by atoms with E-state index in [-0.39, 0.29) is 23.3 Å². The van der Waals surface area contributed by atoms with Crippen molar-refractivity contribution in [1.29, 1.82) is 0 Å². The van der Waals surface area contributed by atoms with Crippen LogP contribution in [0.1, 0.15) is 0 Å². The number of ether oxygens (including phenoxy) is 1. The fraction of sp³-hybridized carbons (Fsp3) is 0.0476. The molecule has 6 heteroatoms. The third-order valence-corrected chi connectivity index (χ3v) is 4.22. The maximum absolute atomic E-state index is 10.7. The zero-order valence-electron chi connectivity index (χ0n) is 14.5. The number of hydrogen-bond acceptors (Lipinski definition) is 6. The summed E-state index contributed by atoms with van der Waals surface area (Å²) in [5.74, 6) is 0.525. The van der Waals surface area contributed by atoms with Gasteiger partial charge in [0.05, 0.1) is 18.2 Å². The number of aromatic hydroxyl groups is 2. The van der Waals surface area contributed by atoms with Crippen molar-refractivity contribution in [2.24, 2.45) is 0 Å². The van der Waals surface area contributed by atoms with E-state index in [1.54, 1.807) is 24.3 Å². The number of aromatic nitrogens is 2. The van der Waals surface area contributed by atoms with E-state index in [4.69, 9.17) is 9.15 Å². The molecule has 1 aromatic heterocycles. The second kappa shape index (κ2) is 6.84. The van der Waals surface area contributed by atoms with E-state index in [2.05, 4.69) is 10.2 Å². The van der Waals surface area contributed by atoms with E-state index in [0.717, 1.165) is 11.1 Å². The third kappa shape index (κ3) is 2.97. The number of para-hydroxylation sites is 1. The van der Waals surface area contributed by atoms with Crippen LogP contribution in [0.5, 0.6) is 17.2 Å². The molecule has 6 nitrogen and oxygen atoms in total. The molecule has 0 fully saturated rings. The van der Waals surface area contributed by atoms with E-state index >= 15 is 0 Å². The summed E-state index contributed by atoms with van der Waals surface area (Å²) < 4.78 is 11.0. The molecular formula is C21H16N2O4. The van der Waals surface area contributed by atoms with E-state index < -0.39 is 0 Å². The first-order valence-electron chi connectivity index (χ1n) is 8.26. The van der Waals surface area contributed by atoms with Crippen LogP contribution in [0, 0.1) is 0 Å². The van der Waals surface area contributed by atoms with Crippen molar-refractivity contribution < 1.29 is 19.4 Å². The van der Waals surface area contributed by atoms with Gasteiger partial charge in [0.15, 0.2) is 11.5 Å². The van der Waals surface area contributed by atoms with Gasteiger partial charge < -0.3 is 19.4 Å². The van der Waals surface area contributed by atoms with Gasteiger partial charge in [0, 0.05) is 0 Å². The highest BCUT2D eigenvalue weighted by Crippen LogP contribution is 2.44. The largest absolute Gasteiger partial charge is 0.507 e. The molecule has 3 aromatic carbocycles. The minimum Gasteiger partial charge on any atom is -0.507 e. The third-order valence-electron chi connectivity index (χ3n) is 4.22. The molecule has 0 amide bonds. The molecule has 0 radical (unpaired) electrons. The van der Waals surface area contributed by atoms with Crippen molar-refractivity contribution in [3.63, 3.8) is 0 Å². The smallest absolute Gasteiger partial charge is 0.252 e. The van der Waals surface area contributed by atoms with Crippen LogP contribution in [0.3, 0.4) is 0 Å². The van der Waals surface area contributed by atoms with Gasteiger partial charge in [0.2, 0.25) is 0 Å². The zero-order chi connectivity index (χ0) is 18.8. The van der Waals surface area contributed by atoms with Crippen molar-refractivity contribution in [3.8, 4) is 51.3 Å². The fourth-order valence-electron chi connectivity index (χ4n) is 2.90. The van der Waals surface area contributed by atoms with E-state index in [1.807, 2.05) is 36.4 Å². The van der Waals surface area contributed by atoms with Crippen molar-refractivity contribution >= 4 is 0 Å². The van der Waals surface area contributed by atoms with Crippen LogP contribution in [-0.2, 0) is 0 Å². The zero-order valence-corrected chi connectivity index (χ0v) is 14.5. The first-order chi connectivity index (χ1) is 13.2. The Bertz CT molecular complexity index is 1090. The van der Waals surface area contributed by atoms with Gasteiger partial charge in [-0.1, -0.05) is 42.5 Å². The van der Waals surface area contributed by atoms with E-state index in [0.29, 0.717) is 16.9 Å². The Morgan fingerprint density at radius 2 is 1.48 bits per heavy atom. The number of hydrogen-bond donors (Lipinski definition) is 2. The van der Waals surface area contributed by atoms with Gasteiger partial charge in [-0.25, -0.2) is 0 Å². The summed E-state index contributed by atoms with van der Waals surface area (Å²) in [6, 6.07) is 19.8. The first-order valence-corrected chi connectivity index (χ1v) is 8.26. The quantitative estimate of drug-likeness (QED) is 0.557. The molecule has 0 atom stereocenters. The Hall–Kier alpha value is -3.80. The van der Waals surface area contributed by atoms with Gasteiger partial charge in [-0.3, -0.25) is 0 Å². The summed E-state index contributed by atoms with van der Waals surface area (Å²) in [6.45, 7) is 0. The lowest BCUT2D eigenvalue weighted by Crippen LogP contribution is -1.91. The predicted molar refractivity (Wildman–Crippen MR) is 100 cm³/mol. The highest BCUT2D eigenvalue weighted by Gasteiger charge is 2.22. The topological polar surface area (TPSA) is 88.6 Å². The molecule has 2 N–H and O–H groups in total. The maximum atomic E-state index is 10.7. The van der Waals surface area contributed by atoms with Gasteiger partial charge in [-0.15, -0.1) is 10.2 Å². The molecule has 4 aromatic rings. The maximum Gasteiger partial charge on any atom is 0.252 e. The van der Waals surface area contributed by atoms with Crippen LogP contribution < -0.4 is 4.74 Å². The van der Waals surface area contributed by atoms with Crippen molar-refractivity contribution in [2.75, 3.05) is 7.11 Å². The normalized spacial score (nSPS) is 10.7. The van der Waals surface area contributed by atoms with Gasteiger partial charge >= 0.3 is 0 Å². The number of nitrogens with zero attached hydrogens (tertiary/aromatic N) is 2. The lowest BCUT2D eigenvalue weighted by molar-refractivity contribution is 0.373. The molecule has 4 rings (SSSR count). The fourth-order valence-corrected chi connectivity index (χ4v) is 2.90. The van der Waals surface area contributed by atoms with Crippen LogP contribution in [-0.4, -0.2) is 27.5 Å². The average molecular weight is 360 g/mol. The SMILES string of the molecule is COc1ccc(-c2ccccc2)c(-c2nnc(-c3ccccc3O)o2)c1O. The summed E-state index contributed by atoms with van der Waals surface area (Å²) in [5, 5.41) is 28.8. The second-order valence-corrected chi connectivity index (χ2v) is 5.83. The summed E-state index contributed by atoms with van der Waals surface area (Å²) in [7, 11) is 1.47. The lowest BCUT2D eigenvalue weighted by Gasteiger charge is -2.12. The van der Waals surface area contributed by atoms with Crippen molar-refractivity contribution in [3.05, 3.63) is 66.7 Å². The molecular weight excluding hydrogens is 344 g/mol. The van der Waals surface area contributed by atoms with Crippen LogP contribution in [0.25, 0.3) is 34.0 Å². The van der Waals surface area contributed by atoms with Crippen molar-refractivity contribution in [1.82, 2.24) is 10.2 Å². The number of rotatable bonds is 4. The molecule has 134 valence electrons. The highest BCUT2D eigenvalue weighted by atomic mass is 16.5. The first kappa shape index (κ1) is 16.7. The number of phenols is 2.